The number of benzene rings is 1. The standard InChI is InChI=1S/C21H34N4O3S/c1-3-22-21(24-18-12-14-25(15-13-18)29(26,27)4-2)23-16-17-8-5-6-11-20(17)28-19-9-7-10-19/h5-6,8,11,18-19H,3-4,7,9-10,12-16H2,1-2H3,(H2,22,23,24). The van der Waals surface area contributed by atoms with E-state index in [1.807, 2.05) is 25.1 Å². The number of ether oxygens (including phenoxy) is 1. The van der Waals surface area contributed by atoms with E-state index >= 15 is 0 Å². The first-order valence-corrected chi connectivity index (χ1v) is 12.4. The smallest absolute Gasteiger partial charge is 0.213 e. The van der Waals surface area contributed by atoms with Crippen LogP contribution in [0.4, 0.5) is 0 Å². The molecular formula is C21H34N4O3S. The zero-order valence-electron chi connectivity index (χ0n) is 17.6. The van der Waals surface area contributed by atoms with E-state index in [1.54, 1.807) is 11.2 Å². The van der Waals surface area contributed by atoms with Crippen LogP contribution in [0.25, 0.3) is 0 Å². The van der Waals surface area contributed by atoms with Crippen molar-refractivity contribution in [1.29, 1.82) is 0 Å². The molecule has 0 amide bonds. The highest BCUT2D eigenvalue weighted by atomic mass is 32.2. The molecule has 2 N–H and O–H groups in total. The second-order valence-electron chi connectivity index (χ2n) is 7.69. The monoisotopic (exact) mass is 422 g/mol. The van der Waals surface area contributed by atoms with Crippen molar-refractivity contribution in [3.05, 3.63) is 29.8 Å². The van der Waals surface area contributed by atoms with Gasteiger partial charge < -0.3 is 15.4 Å². The van der Waals surface area contributed by atoms with Gasteiger partial charge in [-0.1, -0.05) is 18.2 Å². The number of para-hydroxylation sites is 1. The fourth-order valence-corrected chi connectivity index (χ4v) is 4.69. The van der Waals surface area contributed by atoms with Crippen molar-refractivity contribution in [3.8, 4) is 5.75 Å². The summed E-state index contributed by atoms with van der Waals surface area (Å²) >= 11 is 0. The number of sulfonamides is 1. The summed E-state index contributed by atoms with van der Waals surface area (Å²) in [7, 11) is -3.10. The maximum atomic E-state index is 12.0. The van der Waals surface area contributed by atoms with Crippen molar-refractivity contribution in [1.82, 2.24) is 14.9 Å². The summed E-state index contributed by atoms with van der Waals surface area (Å²) in [5, 5.41) is 6.78. The minimum atomic E-state index is -3.10. The van der Waals surface area contributed by atoms with Crippen molar-refractivity contribution in [3.63, 3.8) is 0 Å². The predicted molar refractivity (Wildman–Crippen MR) is 117 cm³/mol. The maximum Gasteiger partial charge on any atom is 0.213 e. The van der Waals surface area contributed by atoms with Gasteiger partial charge in [0.05, 0.1) is 18.4 Å². The summed E-state index contributed by atoms with van der Waals surface area (Å²) in [5.41, 5.74) is 1.08. The summed E-state index contributed by atoms with van der Waals surface area (Å²) in [5.74, 6) is 1.86. The van der Waals surface area contributed by atoms with Gasteiger partial charge in [0, 0.05) is 31.2 Å². The highest BCUT2D eigenvalue weighted by Crippen LogP contribution is 2.28. The average Bonchev–Trinajstić information content (AvgIpc) is 2.70. The molecule has 1 aromatic carbocycles. The second-order valence-corrected chi connectivity index (χ2v) is 9.95. The predicted octanol–water partition coefficient (Wildman–Crippen LogP) is 2.49. The van der Waals surface area contributed by atoms with E-state index in [-0.39, 0.29) is 11.8 Å². The third kappa shape index (κ3) is 6.09. The van der Waals surface area contributed by atoms with Gasteiger partial charge in [-0.3, -0.25) is 0 Å². The van der Waals surface area contributed by atoms with Gasteiger partial charge in [0.2, 0.25) is 10.0 Å². The average molecular weight is 423 g/mol. The molecule has 1 aromatic rings. The van der Waals surface area contributed by atoms with E-state index in [2.05, 4.69) is 16.7 Å². The molecule has 0 unspecified atom stereocenters. The molecule has 162 valence electrons. The van der Waals surface area contributed by atoms with Crippen LogP contribution in [-0.2, 0) is 16.6 Å². The van der Waals surface area contributed by atoms with E-state index < -0.39 is 10.0 Å². The summed E-state index contributed by atoms with van der Waals surface area (Å²) in [6, 6.07) is 8.33. The van der Waals surface area contributed by atoms with E-state index in [9.17, 15) is 8.42 Å². The van der Waals surface area contributed by atoms with E-state index in [0.717, 1.165) is 49.5 Å². The Labute approximate surface area is 175 Å². The van der Waals surface area contributed by atoms with Crippen molar-refractivity contribution >= 4 is 16.0 Å². The molecule has 29 heavy (non-hydrogen) atoms. The van der Waals surface area contributed by atoms with Crippen LogP contribution in [0.15, 0.2) is 29.3 Å². The van der Waals surface area contributed by atoms with Crippen LogP contribution >= 0.6 is 0 Å². The second kappa shape index (κ2) is 10.3. The molecule has 1 saturated heterocycles. The Morgan fingerprint density at radius 3 is 2.52 bits per heavy atom. The summed E-state index contributed by atoms with van der Waals surface area (Å²) in [4.78, 5) is 4.76. The van der Waals surface area contributed by atoms with Crippen LogP contribution in [0.2, 0.25) is 0 Å². The Hall–Kier alpha value is -1.80. The Balaban J connectivity index is 1.58. The fraction of sp³-hybridized carbons (Fsp3) is 0.667. The Morgan fingerprint density at radius 2 is 1.90 bits per heavy atom. The van der Waals surface area contributed by atoms with Crippen LogP contribution in [-0.4, -0.2) is 56.2 Å². The van der Waals surface area contributed by atoms with E-state index in [1.165, 1.54) is 6.42 Å². The van der Waals surface area contributed by atoms with Gasteiger partial charge in [-0.25, -0.2) is 17.7 Å². The molecule has 2 aliphatic rings. The highest BCUT2D eigenvalue weighted by molar-refractivity contribution is 7.89. The molecule has 1 aliphatic carbocycles. The largest absolute Gasteiger partial charge is 0.490 e. The lowest BCUT2D eigenvalue weighted by molar-refractivity contribution is 0.119. The minimum Gasteiger partial charge on any atom is -0.490 e. The van der Waals surface area contributed by atoms with Gasteiger partial charge in [0.1, 0.15) is 5.75 Å². The first-order valence-electron chi connectivity index (χ1n) is 10.8. The number of guanidine groups is 1. The lowest BCUT2D eigenvalue weighted by Gasteiger charge is -2.32. The number of aliphatic imine (C=N–C) groups is 1. The molecular weight excluding hydrogens is 388 g/mol. The van der Waals surface area contributed by atoms with Crippen LogP contribution in [0.1, 0.15) is 51.5 Å². The van der Waals surface area contributed by atoms with E-state index in [0.29, 0.717) is 25.7 Å². The van der Waals surface area contributed by atoms with Crippen molar-refractivity contribution < 1.29 is 13.2 Å². The molecule has 8 heteroatoms. The molecule has 2 fully saturated rings. The molecule has 7 nitrogen and oxygen atoms in total. The van der Waals surface area contributed by atoms with E-state index in [4.69, 9.17) is 9.73 Å². The topological polar surface area (TPSA) is 83.0 Å². The fourth-order valence-electron chi connectivity index (χ4n) is 3.56. The summed E-state index contributed by atoms with van der Waals surface area (Å²) in [6.45, 7) is 6.18. The summed E-state index contributed by atoms with van der Waals surface area (Å²) in [6.07, 6.45) is 5.42. The number of piperidine rings is 1. The molecule has 1 aliphatic heterocycles. The van der Waals surface area contributed by atoms with Gasteiger partial charge in [-0.05, 0) is 52.0 Å². The zero-order valence-corrected chi connectivity index (χ0v) is 18.4. The first kappa shape index (κ1) is 21.9. The number of rotatable bonds is 8. The number of hydrogen-bond acceptors (Lipinski definition) is 4. The normalized spacial score (nSPS) is 19.6. The molecule has 0 radical (unpaired) electrons. The zero-order chi connectivity index (χ0) is 20.7. The molecule has 0 aromatic heterocycles. The van der Waals surface area contributed by atoms with Crippen LogP contribution in [0.5, 0.6) is 5.75 Å². The number of hydrogen-bond donors (Lipinski definition) is 2. The van der Waals surface area contributed by atoms with Crippen molar-refractivity contribution in [2.75, 3.05) is 25.4 Å². The Kier molecular flexibility index (Phi) is 7.77. The molecule has 3 rings (SSSR count). The maximum absolute atomic E-state index is 12.0. The SMILES string of the molecule is CCNC(=NCc1ccccc1OC1CCC1)NC1CCN(S(=O)(=O)CC)CC1. The molecule has 1 heterocycles. The van der Waals surface area contributed by atoms with Gasteiger partial charge in [-0.15, -0.1) is 0 Å². The van der Waals surface area contributed by atoms with Gasteiger partial charge >= 0.3 is 0 Å². The molecule has 1 saturated carbocycles. The third-order valence-electron chi connectivity index (χ3n) is 5.62. The van der Waals surface area contributed by atoms with Gasteiger partial charge in [0.25, 0.3) is 0 Å². The lowest BCUT2D eigenvalue weighted by atomic mass is 9.96. The van der Waals surface area contributed by atoms with Gasteiger partial charge in [0.15, 0.2) is 5.96 Å². The number of nitrogens with zero attached hydrogens (tertiary/aromatic N) is 2. The van der Waals surface area contributed by atoms with Crippen LogP contribution in [0.3, 0.4) is 0 Å². The number of nitrogens with one attached hydrogen (secondary N) is 2. The lowest BCUT2D eigenvalue weighted by Crippen LogP contribution is -2.50. The Bertz CT molecular complexity index is 785. The van der Waals surface area contributed by atoms with Crippen molar-refractivity contribution in [2.45, 2.75) is 64.6 Å². The minimum absolute atomic E-state index is 0.164. The van der Waals surface area contributed by atoms with Gasteiger partial charge in [-0.2, -0.15) is 0 Å². The summed E-state index contributed by atoms with van der Waals surface area (Å²) < 4.78 is 31.8. The Morgan fingerprint density at radius 1 is 1.17 bits per heavy atom. The molecule has 0 spiro atoms. The molecule has 0 atom stereocenters. The third-order valence-corrected chi connectivity index (χ3v) is 7.50. The highest BCUT2D eigenvalue weighted by Gasteiger charge is 2.27. The van der Waals surface area contributed by atoms with Crippen LogP contribution in [0, 0.1) is 0 Å². The van der Waals surface area contributed by atoms with Crippen LogP contribution < -0.4 is 15.4 Å². The van der Waals surface area contributed by atoms with Crippen molar-refractivity contribution in [2.24, 2.45) is 4.99 Å². The first-order chi connectivity index (χ1) is 14.0. The quantitative estimate of drug-likeness (QED) is 0.497. The molecule has 0 bridgehead atoms.